The Hall–Kier alpha value is -1.89. The maximum Gasteiger partial charge on any atom is 0.263 e. The number of nitrogens with zero attached hydrogens (tertiary/aromatic N) is 4. The topological polar surface area (TPSA) is 81.1 Å². The van der Waals surface area contributed by atoms with Crippen LogP contribution in [0.3, 0.4) is 0 Å². The van der Waals surface area contributed by atoms with E-state index in [1.807, 2.05) is 17.5 Å². The van der Waals surface area contributed by atoms with Gasteiger partial charge in [-0.25, -0.2) is 10.1 Å². The SMILES string of the molecule is Cc1nnc(NN=Cc2cccs2)n1N. The zero-order valence-electron chi connectivity index (χ0n) is 8.08. The van der Waals surface area contributed by atoms with E-state index in [1.54, 1.807) is 24.5 Å². The molecule has 0 fully saturated rings. The molecule has 0 spiro atoms. The third-order valence-electron chi connectivity index (χ3n) is 1.77. The van der Waals surface area contributed by atoms with Crippen molar-refractivity contribution in [3.8, 4) is 0 Å². The second-order valence-corrected chi connectivity index (χ2v) is 3.81. The van der Waals surface area contributed by atoms with Gasteiger partial charge in [-0.15, -0.1) is 21.5 Å². The Balaban J connectivity index is 2.02. The molecule has 0 aliphatic rings. The van der Waals surface area contributed by atoms with Crippen LogP contribution in [-0.4, -0.2) is 21.1 Å². The van der Waals surface area contributed by atoms with Crippen molar-refractivity contribution < 1.29 is 0 Å². The van der Waals surface area contributed by atoms with E-state index >= 15 is 0 Å². The maximum absolute atomic E-state index is 5.62. The molecule has 2 aromatic heterocycles. The molecule has 6 nitrogen and oxygen atoms in total. The number of hydrogen-bond donors (Lipinski definition) is 2. The summed E-state index contributed by atoms with van der Waals surface area (Å²) in [6.45, 7) is 1.77. The second-order valence-electron chi connectivity index (χ2n) is 2.83. The predicted octanol–water partition coefficient (Wildman–Crippen LogP) is 0.808. The highest BCUT2D eigenvalue weighted by atomic mass is 32.1. The number of aryl methyl sites for hydroxylation is 1. The Labute approximate surface area is 90.4 Å². The third kappa shape index (κ3) is 2.13. The molecule has 0 unspecified atom stereocenters. The number of rotatable bonds is 3. The fourth-order valence-corrected chi connectivity index (χ4v) is 1.55. The lowest BCUT2D eigenvalue weighted by molar-refractivity contribution is 0.926. The summed E-state index contributed by atoms with van der Waals surface area (Å²) in [6.07, 6.45) is 1.70. The fraction of sp³-hybridized carbons (Fsp3) is 0.125. The van der Waals surface area contributed by atoms with Gasteiger partial charge < -0.3 is 5.84 Å². The Bertz CT molecular complexity index is 457. The lowest BCUT2D eigenvalue weighted by atomic mass is 10.5. The zero-order chi connectivity index (χ0) is 10.7. The summed E-state index contributed by atoms with van der Waals surface area (Å²) in [4.78, 5) is 1.06. The molecule has 3 N–H and O–H groups in total. The summed E-state index contributed by atoms with van der Waals surface area (Å²) >= 11 is 1.60. The maximum atomic E-state index is 5.62. The van der Waals surface area contributed by atoms with Crippen molar-refractivity contribution in [3.05, 3.63) is 28.2 Å². The van der Waals surface area contributed by atoms with Gasteiger partial charge >= 0.3 is 0 Å². The van der Waals surface area contributed by atoms with Gasteiger partial charge in [0.25, 0.3) is 5.95 Å². The first kappa shape index (κ1) is 9.66. The van der Waals surface area contributed by atoms with E-state index in [0.717, 1.165) is 4.88 Å². The van der Waals surface area contributed by atoms with E-state index in [0.29, 0.717) is 11.8 Å². The minimum atomic E-state index is 0.417. The van der Waals surface area contributed by atoms with Crippen molar-refractivity contribution >= 4 is 23.5 Å². The largest absolute Gasteiger partial charge is 0.335 e. The van der Waals surface area contributed by atoms with Crippen LogP contribution in [0.4, 0.5) is 5.95 Å². The molecule has 2 aromatic rings. The van der Waals surface area contributed by atoms with E-state index in [4.69, 9.17) is 5.84 Å². The Morgan fingerprint density at radius 3 is 3.07 bits per heavy atom. The van der Waals surface area contributed by atoms with Crippen LogP contribution in [0.15, 0.2) is 22.6 Å². The van der Waals surface area contributed by atoms with Crippen LogP contribution in [0.5, 0.6) is 0 Å². The van der Waals surface area contributed by atoms with E-state index in [2.05, 4.69) is 20.7 Å². The molecule has 0 bridgehead atoms. The third-order valence-corrected chi connectivity index (χ3v) is 2.57. The smallest absolute Gasteiger partial charge is 0.263 e. The van der Waals surface area contributed by atoms with Crippen molar-refractivity contribution in [2.45, 2.75) is 6.92 Å². The van der Waals surface area contributed by atoms with Crippen LogP contribution >= 0.6 is 11.3 Å². The summed E-state index contributed by atoms with van der Waals surface area (Å²) in [7, 11) is 0. The highest BCUT2D eigenvalue weighted by Crippen LogP contribution is 2.05. The Morgan fingerprint density at radius 1 is 1.60 bits per heavy atom. The fourth-order valence-electron chi connectivity index (χ4n) is 0.964. The molecule has 7 heteroatoms. The highest BCUT2D eigenvalue weighted by Gasteiger charge is 2.02. The van der Waals surface area contributed by atoms with Crippen LogP contribution in [0, 0.1) is 6.92 Å². The molecule has 2 rings (SSSR count). The van der Waals surface area contributed by atoms with Crippen molar-refractivity contribution in [3.63, 3.8) is 0 Å². The number of aromatic nitrogens is 3. The lowest BCUT2D eigenvalue weighted by Crippen LogP contribution is -2.13. The first-order valence-electron chi connectivity index (χ1n) is 4.27. The summed E-state index contributed by atoms with van der Waals surface area (Å²) in [5.41, 5.74) is 2.71. The minimum Gasteiger partial charge on any atom is -0.335 e. The molecular weight excluding hydrogens is 212 g/mol. The molecule has 78 valence electrons. The monoisotopic (exact) mass is 222 g/mol. The molecule has 0 aromatic carbocycles. The van der Waals surface area contributed by atoms with E-state index in [9.17, 15) is 0 Å². The van der Waals surface area contributed by atoms with Crippen molar-refractivity contribution in [1.29, 1.82) is 0 Å². The van der Waals surface area contributed by atoms with Gasteiger partial charge in [0.15, 0.2) is 5.82 Å². The summed E-state index contributed by atoms with van der Waals surface area (Å²) in [5.74, 6) is 6.67. The van der Waals surface area contributed by atoms with Gasteiger partial charge in [0.1, 0.15) is 0 Å². The van der Waals surface area contributed by atoms with Gasteiger partial charge in [0, 0.05) is 4.88 Å². The first-order valence-corrected chi connectivity index (χ1v) is 5.15. The number of hydrogen-bond acceptors (Lipinski definition) is 6. The van der Waals surface area contributed by atoms with Crippen LogP contribution in [0.25, 0.3) is 0 Å². The normalized spacial score (nSPS) is 11.0. The second kappa shape index (κ2) is 4.09. The van der Waals surface area contributed by atoms with Gasteiger partial charge in [0.05, 0.1) is 6.21 Å². The molecule has 15 heavy (non-hydrogen) atoms. The van der Waals surface area contributed by atoms with Crippen LogP contribution in [-0.2, 0) is 0 Å². The Morgan fingerprint density at radius 2 is 2.47 bits per heavy atom. The van der Waals surface area contributed by atoms with Crippen LogP contribution in [0.2, 0.25) is 0 Å². The average molecular weight is 222 g/mol. The minimum absolute atomic E-state index is 0.417. The van der Waals surface area contributed by atoms with Crippen LogP contribution < -0.4 is 11.3 Å². The Kier molecular flexibility index (Phi) is 2.64. The van der Waals surface area contributed by atoms with Crippen molar-refractivity contribution in [2.24, 2.45) is 5.10 Å². The average Bonchev–Trinajstić information content (AvgIpc) is 2.83. The molecule has 0 saturated carbocycles. The quantitative estimate of drug-likeness (QED) is 0.457. The van der Waals surface area contributed by atoms with E-state index in [-0.39, 0.29) is 0 Å². The molecule has 2 heterocycles. The van der Waals surface area contributed by atoms with Crippen LogP contribution in [0.1, 0.15) is 10.7 Å². The van der Waals surface area contributed by atoms with Gasteiger partial charge in [-0.05, 0) is 18.4 Å². The molecule has 0 atom stereocenters. The zero-order valence-corrected chi connectivity index (χ0v) is 8.90. The molecule has 0 aliphatic heterocycles. The highest BCUT2D eigenvalue weighted by molar-refractivity contribution is 7.11. The summed E-state index contributed by atoms with van der Waals surface area (Å²) < 4.78 is 1.34. The van der Waals surface area contributed by atoms with E-state index in [1.165, 1.54) is 4.68 Å². The number of hydrazone groups is 1. The first-order chi connectivity index (χ1) is 7.27. The number of nitrogen functional groups attached to an aromatic ring is 1. The number of anilines is 1. The summed E-state index contributed by atoms with van der Waals surface area (Å²) in [5, 5.41) is 13.6. The van der Waals surface area contributed by atoms with Crippen molar-refractivity contribution in [2.75, 3.05) is 11.3 Å². The van der Waals surface area contributed by atoms with E-state index < -0.39 is 0 Å². The molecule has 0 amide bonds. The molecule has 0 radical (unpaired) electrons. The molecule has 0 aliphatic carbocycles. The number of nitrogens with two attached hydrogens (primary N) is 1. The predicted molar refractivity (Wildman–Crippen MR) is 60.4 cm³/mol. The van der Waals surface area contributed by atoms with Crippen molar-refractivity contribution in [1.82, 2.24) is 14.9 Å². The van der Waals surface area contributed by atoms with Gasteiger partial charge in [-0.1, -0.05) is 6.07 Å². The summed E-state index contributed by atoms with van der Waals surface area (Å²) in [6, 6.07) is 3.93. The standard InChI is InChI=1S/C8H10N6S/c1-6-11-13-8(14(6)9)12-10-5-7-3-2-4-15-7/h2-5H,9H2,1H3,(H,12,13). The van der Waals surface area contributed by atoms with Gasteiger partial charge in [-0.3, -0.25) is 0 Å². The lowest BCUT2D eigenvalue weighted by Gasteiger charge is -1.98. The van der Waals surface area contributed by atoms with Gasteiger partial charge in [-0.2, -0.15) is 5.10 Å². The molecular formula is C8H10N6S. The molecule has 0 saturated heterocycles. The number of nitrogens with one attached hydrogen (secondary N) is 1. The number of thiophene rings is 1. The van der Waals surface area contributed by atoms with Gasteiger partial charge in [0.2, 0.25) is 0 Å².